The van der Waals surface area contributed by atoms with Crippen molar-refractivity contribution in [2.75, 3.05) is 18.4 Å². The number of carbonyl (C=O) groups is 1. The summed E-state index contributed by atoms with van der Waals surface area (Å²) in [5.41, 5.74) is 3.05. The summed E-state index contributed by atoms with van der Waals surface area (Å²) in [6.45, 7) is 2.22. The maximum atomic E-state index is 12.5. The van der Waals surface area contributed by atoms with Crippen LogP contribution in [0.3, 0.4) is 0 Å². The van der Waals surface area contributed by atoms with Gasteiger partial charge in [-0.3, -0.25) is 9.69 Å². The van der Waals surface area contributed by atoms with Crippen LogP contribution in [-0.4, -0.2) is 39.7 Å². The molecule has 28 heavy (non-hydrogen) atoms. The lowest BCUT2D eigenvalue weighted by Crippen LogP contribution is -2.42. The SMILES string of the molecule is O=C(Nc1ccnn1C1CCN(C2Cc3ccccc3C2)CC1)C1CCCC1. The molecule has 0 unspecified atom stereocenters. The number of amides is 1. The molecule has 3 aliphatic rings. The van der Waals surface area contributed by atoms with E-state index in [4.69, 9.17) is 0 Å². The summed E-state index contributed by atoms with van der Waals surface area (Å²) in [6, 6.07) is 11.9. The van der Waals surface area contributed by atoms with Gasteiger partial charge in [0.05, 0.1) is 12.2 Å². The topological polar surface area (TPSA) is 50.2 Å². The molecule has 0 spiro atoms. The number of fused-ring (bicyclic) bond motifs is 1. The smallest absolute Gasteiger partial charge is 0.228 e. The first kappa shape index (κ1) is 17.9. The molecule has 0 atom stereocenters. The fraction of sp³-hybridized carbons (Fsp3) is 0.565. The third-order valence-electron chi connectivity index (χ3n) is 7.04. The van der Waals surface area contributed by atoms with Crippen LogP contribution in [-0.2, 0) is 17.6 Å². The van der Waals surface area contributed by atoms with Crippen LogP contribution < -0.4 is 5.32 Å². The van der Waals surface area contributed by atoms with E-state index in [0.717, 1.165) is 44.6 Å². The van der Waals surface area contributed by atoms with Crippen LogP contribution in [0.4, 0.5) is 5.82 Å². The monoisotopic (exact) mass is 378 g/mol. The van der Waals surface area contributed by atoms with Crippen LogP contribution in [0, 0.1) is 5.92 Å². The second-order valence-corrected chi connectivity index (χ2v) is 8.73. The zero-order valence-electron chi connectivity index (χ0n) is 16.5. The number of anilines is 1. The second kappa shape index (κ2) is 7.70. The number of likely N-dealkylation sites (tertiary alicyclic amines) is 1. The number of nitrogens with zero attached hydrogens (tertiary/aromatic N) is 3. The quantitative estimate of drug-likeness (QED) is 0.880. The normalized spacial score (nSPS) is 21.9. The fourth-order valence-electron chi connectivity index (χ4n) is 5.41. The van der Waals surface area contributed by atoms with Gasteiger partial charge in [0.25, 0.3) is 0 Å². The first-order chi connectivity index (χ1) is 13.8. The van der Waals surface area contributed by atoms with E-state index in [2.05, 4.69) is 44.3 Å². The van der Waals surface area contributed by atoms with Gasteiger partial charge in [0.15, 0.2) is 0 Å². The summed E-state index contributed by atoms with van der Waals surface area (Å²) in [6.07, 6.45) is 10.8. The molecule has 2 aromatic rings. The third kappa shape index (κ3) is 3.48. The van der Waals surface area contributed by atoms with E-state index >= 15 is 0 Å². The third-order valence-corrected chi connectivity index (χ3v) is 7.04. The molecule has 1 saturated heterocycles. The van der Waals surface area contributed by atoms with Crippen molar-refractivity contribution >= 4 is 11.7 Å². The van der Waals surface area contributed by atoms with E-state index in [1.165, 1.54) is 36.8 Å². The van der Waals surface area contributed by atoms with E-state index in [1.807, 2.05) is 12.3 Å². The second-order valence-electron chi connectivity index (χ2n) is 8.73. The Bertz CT molecular complexity index is 806. The minimum Gasteiger partial charge on any atom is -0.311 e. The molecule has 148 valence electrons. The van der Waals surface area contributed by atoms with Gasteiger partial charge in [-0.2, -0.15) is 5.10 Å². The highest BCUT2D eigenvalue weighted by Crippen LogP contribution is 2.32. The van der Waals surface area contributed by atoms with Crippen molar-refractivity contribution in [3.8, 4) is 0 Å². The average molecular weight is 379 g/mol. The highest BCUT2D eigenvalue weighted by molar-refractivity contribution is 5.91. The van der Waals surface area contributed by atoms with Crippen molar-refractivity contribution in [1.29, 1.82) is 0 Å². The maximum Gasteiger partial charge on any atom is 0.228 e. The largest absolute Gasteiger partial charge is 0.311 e. The van der Waals surface area contributed by atoms with Gasteiger partial charge in [-0.25, -0.2) is 4.68 Å². The average Bonchev–Trinajstić information content (AvgIpc) is 3.48. The van der Waals surface area contributed by atoms with Gasteiger partial charge in [-0.1, -0.05) is 37.1 Å². The lowest BCUT2D eigenvalue weighted by atomic mass is 10.0. The minimum absolute atomic E-state index is 0.181. The number of nitrogens with one attached hydrogen (secondary N) is 1. The number of benzene rings is 1. The summed E-state index contributed by atoms with van der Waals surface area (Å²) < 4.78 is 2.06. The zero-order valence-corrected chi connectivity index (χ0v) is 16.5. The Labute approximate surface area is 167 Å². The lowest BCUT2D eigenvalue weighted by molar-refractivity contribution is -0.119. The molecule has 0 bridgehead atoms. The molecule has 2 fully saturated rings. The van der Waals surface area contributed by atoms with Crippen molar-refractivity contribution < 1.29 is 4.79 Å². The van der Waals surface area contributed by atoms with Crippen LogP contribution in [0.15, 0.2) is 36.5 Å². The molecule has 1 saturated carbocycles. The van der Waals surface area contributed by atoms with E-state index in [1.54, 1.807) is 0 Å². The molecule has 2 aliphatic carbocycles. The number of piperidine rings is 1. The standard InChI is InChI=1S/C23H30N4O/c28-23(17-5-1-2-6-17)25-22-9-12-24-27(22)20-10-13-26(14-11-20)21-15-18-7-3-4-8-19(18)16-21/h3-4,7-9,12,17,20-21H,1-2,5-6,10-11,13-16H2,(H,25,28). The molecule has 5 nitrogen and oxygen atoms in total. The first-order valence-corrected chi connectivity index (χ1v) is 10.9. The first-order valence-electron chi connectivity index (χ1n) is 10.9. The molecule has 1 aliphatic heterocycles. The van der Waals surface area contributed by atoms with Crippen molar-refractivity contribution in [2.45, 2.75) is 63.5 Å². The van der Waals surface area contributed by atoms with Crippen LogP contribution in [0.1, 0.15) is 55.7 Å². The number of aromatic nitrogens is 2. The minimum atomic E-state index is 0.181. The molecule has 1 N–H and O–H groups in total. The van der Waals surface area contributed by atoms with Gasteiger partial charge in [-0.05, 0) is 49.7 Å². The Hall–Kier alpha value is -2.14. The van der Waals surface area contributed by atoms with Gasteiger partial charge in [-0.15, -0.1) is 0 Å². The Morgan fingerprint density at radius 2 is 1.61 bits per heavy atom. The summed E-state index contributed by atoms with van der Waals surface area (Å²) in [5, 5.41) is 7.71. The Balaban J connectivity index is 1.19. The van der Waals surface area contributed by atoms with E-state index < -0.39 is 0 Å². The Morgan fingerprint density at radius 3 is 2.29 bits per heavy atom. The van der Waals surface area contributed by atoms with Crippen molar-refractivity contribution in [1.82, 2.24) is 14.7 Å². The van der Waals surface area contributed by atoms with Crippen LogP contribution in [0.25, 0.3) is 0 Å². The summed E-state index contributed by atoms with van der Waals surface area (Å²) in [7, 11) is 0. The molecule has 0 radical (unpaired) electrons. The summed E-state index contributed by atoms with van der Waals surface area (Å²) in [4.78, 5) is 15.2. The molecule has 5 rings (SSSR count). The fourth-order valence-corrected chi connectivity index (χ4v) is 5.41. The van der Waals surface area contributed by atoms with Crippen LogP contribution >= 0.6 is 0 Å². The predicted molar refractivity (Wildman–Crippen MR) is 110 cm³/mol. The maximum absolute atomic E-state index is 12.5. The molecular weight excluding hydrogens is 348 g/mol. The van der Waals surface area contributed by atoms with Crippen molar-refractivity contribution in [3.05, 3.63) is 47.7 Å². The summed E-state index contributed by atoms with van der Waals surface area (Å²) in [5.74, 6) is 1.25. The molecule has 1 aromatic carbocycles. The van der Waals surface area contributed by atoms with Crippen molar-refractivity contribution in [3.63, 3.8) is 0 Å². The van der Waals surface area contributed by atoms with Crippen LogP contribution in [0.2, 0.25) is 0 Å². The highest BCUT2D eigenvalue weighted by Gasteiger charge is 2.31. The van der Waals surface area contributed by atoms with Gasteiger partial charge in [0, 0.05) is 31.1 Å². The molecule has 5 heteroatoms. The summed E-state index contributed by atoms with van der Waals surface area (Å²) >= 11 is 0. The van der Waals surface area contributed by atoms with E-state index in [9.17, 15) is 4.79 Å². The Kier molecular flexibility index (Phi) is 4.93. The number of hydrogen-bond acceptors (Lipinski definition) is 3. The van der Waals surface area contributed by atoms with Gasteiger partial charge < -0.3 is 5.32 Å². The Morgan fingerprint density at radius 1 is 0.929 bits per heavy atom. The molecule has 1 amide bonds. The van der Waals surface area contributed by atoms with Gasteiger partial charge in [0.2, 0.25) is 5.91 Å². The number of carbonyl (C=O) groups excluding carboxylic acids is 1. The highest BCUT2D eigenvalue weighted by atomic mass is 16.2. The van der Waals surface area contributed by atoms with Gasteiger partial charge >= 0.3 is 0 Å². The zero-order chi connectivity index (χ0) is 18.9. The van der Waals surface area contributed by atoms with Gasteiger partial charge in [0.1, 0.15) is 5.82 Å². The van der Waals surface area contributed by atoms with E-state index in [0.29, 0.717) is 12.1 Å². The predicted octanol–water partition coefficient (Wildman–Crippen LogP) is 3.82. The van der Waals surface area contributed by atoms with E-state index in [-0.39, 0.29) is 11.8 Å². The van der Waals surface area contributed by atoms with Crippen molar-refractivity contribution in [2.24, 2.45) is 5.92 Å². The molecule has 1 aromatic heterocycles. The molecule has 2 heterocycles. The number of hydrogen-bond donors (Lipinski definition) is 1. The van der Waals surface area contributed by atoms with Crippen LogP contribution in [0.5, 0.6) is 0 Å². The number of rotatable bonds is 4. The lowest BCUT2D eigenvalue weighted by Gasteiger charge is -2.36. The molecular formula is C23H30N4O.